The highest BCUT2D eigenvalue weighted by molar-refractivity contribution is 6.12. The molecule has 1 aliphatic rings. The molecule has 0 heterocycles. The Morgan fingerprint density at radius 3 is 2.29 bits per heavy atom. The molecule has 1 fully saturated rings. The summed E-state index contributed by atoms with van der Waals surface area (Å²) in [4.78, 5) is 23.0. The first-order valence-corrected chi connectivity index (χ1v) is 5.34. The van der Waals surface area contributed by atoms with E-state index in [1.807, 2.05) is 0 Å². The Kier molecular flexibility index (Phi) is 2.75. The van der Waals surface area contributed by atoms with Gasteiger partial charge in [0.1, 0.15) is 11.2 Å². The zero-order valence-corrected chi connectivity index (χ0v) is 9.53. The molecule has 0 spiro atoms. The Labute approximate surface area is 98.9 Å². The number of carbonyl (C=O) groups is 2. The first-order valence-electron chi connectivity index (χ1n) is 5.34. The molecule has 3 N–H and O–H groups in total. The van der Waals surface area contributed by atoms with Gasteiger partial charge >= 0.3 is 0 Å². The van der Waals surface area contributed by atoms with Gasteiger partial charge in [-0.1, -0.05) is 0 Å². The van der Waals surface area contributed by atoms with Crippen molar-refractivity contribution in [2.24, 2.45) is 11.1 Å². The largest absolute Gasteiger partial charge is 0.497 e. The fraction of sp³-hybridized carbons (Fsp3) is 0.333. The van der Waals surface area contributed by atoms with Gasteiger partial charge in [-0.15, -0.1) is 0 Å². The van der Waals surface area contributed by atoms with Gasteiger partial charge in [-0.3, -0.25) is 9.59 Å². The van der Waals surface area contributed by atoms with Gasteiger partial charge in [0.15, 0.2) is 0 Å². The number of primary amides is 1. The Bertz CT molecular complexity index is 449. The molecule has 0 unspecified atom stereocenters. The van der Waals surface area contributed by atoms with Crippen LogP contribution in [-0.4, -0.2) is 18.9 Å². The van der Waals surface area contributed by atoms with Crippen molar-refractivity contribution in [2.75, 3.05) is 12.4 Å². The lowest BCUT2D eigenvalue weighted by atomic mass is 10.1. The van der Waals surface area contributed by atoms with Crippen LogP contribution < -0.4 is 15.8 Å². The highest BCUT2D eigenvalue weighted by atomic mass is 16.5. The minimum absolute atomic E-state index is 0.324. The summed E-state index contributed by atoms with van der Waals surface area (Å²) in [5, 5.41) is 2.68. The SMILES string of the molecule is COc1ccc(NC(=O)C2(C(N)=O)CC2)cc1. The highest BCUT2D eigenvalue weighted by Gasteiger charge is 2.55. The minimum atomic E-state index is -0.986. The summed E-state index contributed by atoms with van der Waals surface area (Å²) in [5.74, 6) is -0.169. The summed E-state index contributed by atoms with van der Waals surface area (Å²) < 4.78 is 5.01. The van der Waals surface area contributed by atoms with Crippen molar-refractivity contribution in [2.45, 2.75) is 12.8 Å². The molecule has 17 heavy (non-hydrogen) atoms. The molecule has 0 saturated heterocycles. The van der Waals surface area contributed by atoms with Crippen molar-refractivity contribution < 1.29 is 14.3 Å². The summed E-state index contributed by atoms with van der Waals surface area (Å²) in [7, 11) is 1.57. The van der Waals surface area contributed by atoms with Crippen molar-refractivity contribution in [1.82, 2.24) is 0 Å². The number of ether oxygens (including phenoxy) is 1. The van der Waals surface area contributed by atoms with Crippen LogP contribution in [0.15, 0.2) is 24.3 Å². The third-order valence-electron chi connectivity index (χ3n) is 3.00. The molecule has 0 aromatic heterocycles. The van der Waals surface area contributed by atoms with E-state index in [1.165, 1.54) is 0 Å². The van der Waals surface area contributed by atoms with Crippen LogP contribution in [0.3, 0.4) is 0 Å². The lowest BCUT2D eigenvalue weighted by Gasteiger charge is -2.11. The number of methoxy groups -OCH3 is 1. The Morgan fingerprint density at radius 2 is 1.88 bits per heavy atom. The second-order valence-corrected chi connectivity index (χ2v) is 4.13. The summed E-state index contributed by atoms with van der Waals surface area (Å²) in [5.41, 5.74) is 4.86. The van der Waals surface area contributed by atoms with Gasteiger partial charge in [0, 0.05) is 5.69 Å². The maximum atomic E-state index is 11.8. The number of rotatable bonds is 4. The molecule has 1 aromatic carbocycles. The van der Waals surface area contributed by atoms with E-state index in [1.54, 1.807) is 31.4 Å². The number of amides is 2. The van der Waals surface area contributed by atoms with E-state index in [0.717, 1.165) is 0 Å². The molecule has 0 bridgehead atoms. The zero-order valence-electron chi connectivity index (χ0n) is 9.53. The molecule has 5 heteroatoms. The van der Waals surface area contributed by atoms with Crippen LogP contribution in [0.25, 0.3) is 0 Å². The van der Waals surface area contributed by atoms with Gasteiger partial charge in [-0.25, -0.2) is 0 Å². The summed E-state index contributed by atoms with van der Waals surface area (Å²) >= 11 is 0. The molecule has 0 atom stereocenters. The van der Waals surface area contributed by atoms with Gasteiger partial charge in [-0.2, -0.15) is 0 Å². The van der Waals surface area contributed by atoms with Crippen molar-refractivity contribution in [3.63, 3.8) is 0 Å². The molecule has 0 aliphatic heterocycles. The predicted octanol–water partition coefficient (Wildman–Crippen LogP) is 0.899. The highest BCUT2D eigenvalue weighted by Crippen LogP contribution is 2.46. The van der Waals surface area contributed by atoms with E-state index in [9.17, 15) is 9.59 Å². The number of hydrogen-bond donors (Lipinski definition) is 2. The van der Waals surface area contributed by atoms with Gasteiger partial charge in [0.25, 0.3) is 0 Å². The third kappa shape index (κ3) is 2.08. The van der Waals surface area contributed by atoms with Gasteiger partial charge in [0.2, 0.25) is 11.8 Å². The third-order valence-corrected chi connectivity index (χ3v) is 3.00. The van der Waals surface area contributed by atoms with Crippen LogP contribution in [0.5, 0.6) is 5.75 Å². The van der Waals surface area contributed by atoms with E-state index in [-0.39, 0.29) is 5.91 Å². The molecular formula is C12H14N2O3. The van der Waals surface area contributed by atoms with Crippen LogP contribution >= 0.6 is 0 Å². The lowest BCUT2D eigenvalue weighted by molar-refractivity contribution is -0.132. The summed E-state index contributed by atoms with van der Waals surface area (Å²) in [6.07, 6.45) is 1.06. The average Bonchev–Trinajstić information content (AvgIpc) is 3.11. The van der Waals surface area contributed by atoms with Crippen molar-refractivity contribution in [3.05, 3.63) is 24.3 Å². The van der Waals surface area contributed by atoms with E-state index in [4.69, 9.17) is 10.5 Å². The molecule has 0 radical (unpaired) electrons. The summed E-state index contributed by atoms with van der Waals surface area (Å²) in [6.45, 7) is 0. The Morgan fingerprint density at radius 1 is 1.29 bits per heavy atom. The number of hydrogen-bond acceptors (Lipinski definition) is 3. The monoisotopic (exact) mass is 234 g/mol. The number of nitrogens with two attached hydrogens (primary N) is 1. The van der Waals surface area contributed by atoms with E-state index in [0.29, 0.717) is 24.3 Å². The van der Waals surface area contributed by atoms with Crippen LogP contribution in [0.1, 0.15) is 12.8 Å². The van der Waals surface area contributed by atoms with Crippen molar-refractivity contribution in [3.8, 4) is 5.75 Å². The van der Waals surface area contributed by atoms with Gasteiger partial charge in [-0.05, 0) is 37.1 Å². The number of anilines is 1. The van der Waals surface area contributed by atoms with Crippen LogP contribution in [-0.2, 0) is 9.59 Å². The van der Waals surface area contributed by atoms with Gasteiger partial charge in [0.05, 0.1) is 7.11 Å². The number of carbonyl (C=O) groups excluding carboxylic acids is 2. The van der Waals surface area contributed by atoms with Crippen LogP contribution in [0.2, 0.25) is 0 Å². The molecule has 90 valence electrons. The van der Waals surface area contributed by atoms with Crippen molar-refractivity contribution >= 4 is 17.5 Å². The molecule has 1 aromatic rings. The average molecular weight is 234 g/mol. The fourth-order valence-electron chi connectivity index (χ4n) is 1.64. The van der Waals surface area contributed by atoms with E-state index in [2.05, 4.69) is 5.32 Å². The minimum Gasteiger partial charge on any atom is -0.497 e. The second-order valence-electron chi connectivity index (χ2n) is 4.13. The standard InChI is InChI=1S/C12H14N2O3/c1-17-9-4-2-8(3-5-9)14-11(16)12(6-7-12)10(13)15/h2-5H,6-7H2,1H3,(H2,13,15)(H,14,16). The van der Waals surface area contributed by atoms with Crippen LogP contribution in [0.4, 0.5) is 5.69 Å². The smallest absolute Gasteiger partial charge is 0.240 e. The molecule has 2 rings (SSSR count). The molecule has 1 saturated carbocycles. The first-order chi connectivity index (χ1) is 8.08. The van der Waals surface area contributed by atoms with E-state index >= 15 is 0 Å². The normalized spacial score (nSPS) is 16.1. The summed E-state index contributed by atoms with van der Waals surface area (Å²) in [6, 6.07) is 6.90. The maximum Gasteiger partial charge on any atom is 0.240 e. The topological polar surface area (TPSA) is 81.4 Å². The number of benzene rings is 1. The lowest BCUT2D eigenvalue weighted by Crippen LogP contribution is -2.36. The molecular weight excluding hydrogens is 220 g/mol. The molecule has 2 amide bonds. The van der Waals surface area contributed by atoms with Gasteiger partial charge < -0.3 is 15.8 Å². The van der Waals surface area contributed by atoms with E-state index < -0.39 is 11.3 Å². The fourth-order valence-corrected chi connectivity index (χ4v) is 1.64. The Balaban J connectivity index is 2.06. The second kappa shape index (κ2) is 4.08. The predicted molar refractivity (Wildman–Crippen MR) is 62.5 cm³/mol. The van der Waals surface area contributed by atoms with Crippen LogP contribution in [0, 0.1) is 5.41 Å². The Hall–Kier alpha value is -2.04. The number of nitrogens with one attached hydrogen (secondary N) is 1. The van der Waals surface area contributed by atoms with Crippen molar-refractivity contribution in [1.29, 1.82) is 0 Å². The maximum absolute atomic E-state index is 11.8. The first kappa shape index (κ1) is 11.4. The molecule has 5 nitrogen and oxygen atoms in total. The molecule has 1 aliphatic carbocycles. The quantitative estimate of drug-likeness (QED) is 0.759. The zero-order chi connectivity index (χ0) is 12.5.